The van der Waals surface area contributed by atoms with E-state index in [9.17, 15) is 0 Å². The van der Waals surface area contributed by atoms with Crippen molar-refractivity contribution in [1.82, 2.24) is 4.90 Å². The molecule has 1 rings (SSSR count). The van der Waals surface area contributed by atoms with E-state index in [4.69, 9.17) is 11.2 Å². The molecule has 2 nitrogen and oxygen atoms in total. The van der Waals surface area contributed by atoms with Crippen LogP contribution in [0.15, 0.2) is 0 Å². The van der Waals surface area contributed by atoms with Crippen LogP contribution in [0.25, 0.3) is 0 Å². The van der Waals surface area contributed by atoms with Gasteiger partial charge in [-0.3, -0.25) is 4.90 Å². The van der Waals surface area contributed by atoms with E-state index in [1.807, 2.05) is 0 Å². The van der Waals surface area contributed by atoms with Crippen molar-refractivity contribution >= 4 is 0 Å². The molecule has 0 spiro atoms. The van der Waals surface area contributed by atoms with Gasteiger partial charge in [-0.25, -0.2) is 0 Å². The van der Waals surface area contributed by atoms with Gasteiger partial charge < -0.3 is 4.74 Å². The first-order valence-corrected chi connectivity index (χ1v) is 4.96. The van der Waals surface area contributed by atoms with Crippen LogP contribution in [0.4, 0.5) is 0 Å². The number of hydrogen-bond donors (Lipinski definition) is 0. The molecule has 1 aliphatic rings. The predicted octanol–water partition coefficient (Wildman–Crippen LogP) is 1.51. The summed E-state index contributed by atoms with van der Waals surface area (Å²) in [5.41, 5.74) is 0. The van der Waals surface area contributed by atoms with Gasteiger partial charge >= 0.3 is 0 Å². The molecule has 2 atom stereocenters. The standard InChI is InChI=1S/C11H19NO/c1-5-6-13-11-7-10(4)12(8-11)9(2)3/h1,9-11H,6-8H2,2-4H3. The second-order valence-corrected chi connectivity index (χ2v) is 4.01. The van der Waals surface area contributed by atoms with Crippen molar-refractivity contribution in [2.24, 2.45) is 0 Å². The lowest BCUT2D eigenvalue weighted by Crippen LogP contribution is -2.34. The van der Waals surface area contributed by atoms with Crippen LogP contribution in [0.2, 0.25) is 0 Å². The van der Waals surface area contributed by atoms with Gasteiger partial charge in [-0.15, -0.1) is 6.42 Å². The predicted molar refractivity (Wildman–Crippen MR) is 54.5 cm³/mol. The van der Waals surface area contributed by atoms with Crippen molar-refractivity contribution in [3.63, 3.8) is 0 Å². The Bertz CT molecular complexity index is 195. The number of terminal acetylenes is 1. The van der Waals surface area contributed by atoms with Gasteiger partial charge in [-0.05, 0) is 27.2 Å². The maximum Gasteiger partial charge on any atom is 0.107 e. The van der Waals surface area contributed by atoms with Crippen LogP contribution in [0.1, 0.15) is 27.2 Å². The number of ether oxygens (including phenoxy) is 1. The third-order valence-electron chi connectivity index (χ3n) is 2.65. The molecule has 0 aromatic carbocycles. The molecule has 13 heavy (non-hydrogen) atoms. The van der Waals surface area contributed by atoms with Gasteiger partial charge in [0, 0.05) is 18.6 Å². The fourth-order valence-electron chi connectivity index (χ4n) is 2.01. The molecule has 74 valence electrons. The minimum Gasteiger partial charge on any atom is -0.364 e. The van der Waals surface area contributed by atoms with Gasteiger partial charge in [0.05, 0.1) is 6.10 Å². The number of likely N-dealkylation sites (tertiary alicyclic amines) is 1. The molecule has 1 aliphatic heterocycles. The Morgan fingerprint density at radius 2 is 2.31 bits per heavy atom. The molecule has 0 saturated carbocycles. The lowest BCUT2D eigenvalue weighted by atomic mass is 10.2. The van der Waals surface area contributed by atoms with Crippen molar-refractivity contribution in [1.29, 1.82) is 0 Å². The van der Waals surface area contributed by atoms with Gasteiger partial charge in [0.15, 0.2) is 0 Å². The third kappa shape index (κ3) is 2.72. The first-order valence-electron chi connectivity index (χ1n) is 4.96. The zero-order chi connectivity index (χ0) is 9.84. The van der Waals surface area contributed by atoms with E-state index in [1.165, 1.54) is 0 Å². The molecule has 2 heteroatoms. The average Bonchev–Trinajstić information content (AvgIpc) is 2.43. The van der Waals surface area contributed by atoms with Crippen LogP contribution in [0, 0.1) is 12.3 Å². The summed E-state index contributed by atoms with van der Waals surface area (Å²) in [5, 5.41) is 0. The van der Waals surface area contributed by atoms with Crippen LogP contribution in [-0.4, -0.2) is 36.2 Å². The Morgan fingerprint density at radius 3 is 2.77 bits per heavy atom. The summed E-state index contributed by atoms with van der Waals surface area (Å²) < 4.78 is 5.53. The van der Waals surface area contributed by atoms with E-state index < -0.39 is 0 Å². The molecular weight excluding hydrogens is 162 g/mol. The zero-order valence-corrected chi connectivity index (χ0v) is 8.79. The molecule has 0 aliphatic carbocycles. The van der Waals surface area contributed by atoms with Crippen molar-refractivity contribution in [2.45, 2.75) is 45.4 Å². The summed E-state index contributed by atoms with van der Waals surface area (Å²) in [4.78, 5) is 2.46. The Morgan fingerprint density at radius 1 is 1.62 bits per heavy atom. The minimum absolute atomic E-state index is 0.341. The topological polar surface area (TPSA) is 12.5 Å². The average molecular weight is 181 g/mol. The fourth-order valence-corrected chi connectivity index (χ4v) is 2.01. The molecule has 0 radical (unpaired) electrons. The molecule has 0 aromatic rings. The number of nitrogens with zero attached hydrogens (tertiary/aromatic N) is 1. The normalized spacial score (nSPS) is 29.5. The molecular formula is C11H19NO. The van der Waals surface area contributed by atoms with E-state index in [-0.39, 0.29) is 0 Å². The largest absolute Gasteiger partial charge is 0.364 e. The summed E-state index contributed by atoms with van der Waals surface area (Å²) >= 11 is 0. The van der Waals surface area contributed by atoms with Gasteiger partial charge in [-0.1, -0.05) is 5.92 Å². The third-order valence-corrected chi connectivity index (χ3v) is 2.65. The second-order valence-electron chi connectivity index (χ2n) is 4.01. The van der Waals surface area contributed by atoms with Gasteiger partial charge in [0.2, 0.25) is 0 Å². The summed E-state index contributed by atoms with van der Waals surface area (Å²) in [6.07, 6.45) is 6.60. The van der Waals surface area contributed by atoms with Crippen LogP contribution in [0.5, 0.6) is 0 Å². The monoisotopic (exact) mass is 181 g/mol. The molecule has 0 N–H and O–H groups in total. The summed E-state index contributed by atoms with van der Waals surface area (Å²) in [7, 11) is 0. The molecule has 0 bridgehead atoms. The lowest BCUT2D eigenvalue weighted by Gasteiger charge is -2.24. The maximum atomic E-state index is 5.53. The van der Waals surface area contributed by atoms with Crippen molar-refractivity contribution in [3.05, 3.63) is 0 Å². The minimum atomic E-state index is 0.341. The lowest BCUT2D eigenvalue weighted by molar-refractivity contribution is 0.0803. The van der Waals surface area contributed by atoms with Crippen LogP contribution in [0.3, 0.4) is 0 Å². The highest BCUT2D eigenvalue weighted by molar-refractivity contribution is 4.88. The van der Waals surface area contributed by atoms with E-state index in [0.29, 0.717) is 24.8 Å². The van der Waals surface area contributed by atoms with Crippen LogP contribution in [-0.2, 0) is 4.74 Å². The molecule has 1 heterocycles. The number of rotatable bonds is 3. The highest BCUT2D eigenvalue weighted by atomic mass is 16.5. The van der Waals surface area contributed by atoms with Gasteiger partial charge in [0.25, 0.3) is 0 Å². The molecule has 1 fully saturated rings. The molecule has 1 saturated heterocycles. The Balaban J connectivity index is 2.37. The van der Waals surface area contributed by atoms with Crippen molar-refractivity contribution in [3.8, 4) is 12.3 Å². The number of hydrogen-bond acceptors (Lipinski definition) is 2. The van der Waals surface area contributed by atoms with E-state index in [0.717, 1.165) is 13.0 Å². The first kappa shape index (κ1) is 10.6. The molecule has 2 unspecified atom stereocenters. The first-order chi connectivity index (χ1) is 6.15. The van der Waals surface area contributed by atoms with Gasteiger partial charge in [-0.2, -0.15) is 0 Å². The SMILES string of the molecule is C#CCOC1CC(C)N(C(C)C)C1. The van der Waals surface area contributed by atoms with E-state index in [2.05, 4.69) is 31.6 Å². The quantitative estimate of drug-likeness (QED) is 0.612. The second kappa shape index (κ2) is 4.64. The van der Waals surface area contributed by atoms with Gasteiger partial charge in [0.1, 0.15) is 6.61 Å². The maximum absolute atomic E-state index is 5.53. The van der Waals surface area contributed by atoms with Crippen molar-refractivity contribution < 1.29 is 4.74 Å². The van der Waals surface area contributed by atoms with Crippen LogP contribution >= 0.6 is 0 Å². The molecule has 0 aromatic heterocycles. The zero-order valence-electron chi connectivity index (χ0n) is 8.79. The Kier molecular flexibility index (Phi) is 3.77. The Labute approximate surface area is 81.3 Å². The van der Waals surface area contributed by atoms with E-state index in [1.54, 1.807) is 0 Å². The molecule has 0 amide bonds. The summed E-state index contributed by atoms with van der Waals surface area (Å²) in [6.45, 7) is 8.17. The highest BCUT2D eigenvalue weighted by Crippen LogP contribution is 2.21. The smallest absolute Gasteiger partial charge is 0.107 e. The summed E-state index contributed by atoms with van der Waals surface area (Å²) in [6, 6.07) is 1.23. The van der Waals surface area contributed by atoms with E-state index >= 15 is 0 Å². The fraction of sp³-hybridized carbons (Fsp3) is 0.818. The van der Waals surface area contributed by atoms with Crippen molar-refractivity contribution in [2.75, 3.05) is 13.2 Å². The Hall–Kier alpha value is -0.520. The summed E-state index contributed by atoms with van der Waals surface area (Å²) in [5.74, 6) is 2.51. The highest BCUT2D eigenvalue weighted by Gasteiger charge is 2.30. The van der Waals surface area contributed by atoms with Crippen LogP contribution < -0.4 is 0 Å².